The Kier molecular flexibility index (Phi) is 11.4. The van der Waals surface area contributed by atoms with Gasteiger partial charge in [0.15, 0.2) is 11.2 Å². The Balaban J connectivity index is 1.77. The van der Waals surface area contributed by atoms with Crippen molar-refractivity contribution in [3.63, 3.8) is 0 Å². The minimum absolute atomic E-state index is 0.0340. The van der Waals surface area contributed by atoms with Crippen molar-refractivity contribution in [1.82, 2.24) is 29.1 Å². The molecule has 0 bridgehead atoms. The van der Waals surface area contributed by atoms with Gasteiger partial charge in [-0.25, -0.2) is 9.65 Å². The zero-order valence-corrected chi connectivity index (χ0v) is 25.0. The normalized spacial score (nSPS) is 22.1. The first-order valence-electron chi connectivity index (χ1n) is 14.1. The van der Waals surface area contributed by atoms with E-state index in [1.807, 2.05) is 21.0 Å². The molecule has 216 valence electrons. The highest BCUT2D eigenvalue weighted by molar-refractivity contribution is 7.57. The topological polar surface area (TPSA) is 132 Å². The van der Waals surface area contributed by atoms with Gasteiger partial charge in [-0.05, 0) is 33.9 Å². The fourth-order valence-corrected chi connectivity index (χ4v) is 7.40. The fraction of sp³-hybridized carbons (Fsp3) is 0.808. The molecule has 38 heavy (non-hydrogen) atoms. The SMILES string of the molecule is CCCCCCCC(C)P(=O)(OC[C@@H]1CN(C(C)CCC)C[C@H](n2cnc3c(=O)[nH]c(N)nc32)O1)N(C)C. The number of fused-ring (bicyclic) bond motifs is 1. The highest BCUT2D eigenvalue weighted by Gasteiger charge is 2.37. The Morgan fingerprint density at radius 3 is 2.61 bits per heavy atom. The summed E-state index contributed by atoms with van der Waals surface area (Å²) in [4.78, 5) is 25.8. The Morgan fingerprint density at radius 1 is 1.18 bits per heavy atom. The van der Waals surface area contributed by atoms with Crippen LogP contribution in [0.4, 0.5) is 5.95 Å². The van der Waals surface area contributed by atoms with E-state index >= 15 is 0 Å². The van der Waals surface area contributed by atoms with Crippen LogP contribution in [0.25, 0.3) is 11.2 Å². The van der Waals surface area contributed by atoms with E-state index in [2.05, 4.69) is 40.6 Å². The van der Waals surface area contributed by atoms with Gasteiger partial charge in [0, 0.05) is 24.8 Å². The molecule has 3 heterocycles. The van der Waals surface area contributed by atoms with Crippen LogP contribution in [0.5, 0.6) is 0 Å². The predicted molar refractivity (Wildman–Crippen MR) is 152 cm³/mol. The van der Waals surface area contributed by atoms with Crippen LogP contribution in [-0.4, -0.2) is 80.7 Å². The van der Waals surface area contributed by atoms with Crippen LogP contribution in [0.15, 0.2) is 11.1 Å². The van der Waals surface area contributed by atoms with E-state index in [1.54, 1.807) is 15.6 Å². The van der Waals surface area contributed by atoms with Crippen molar-refractivity contribution >= 4 is 24.6 Å². The average molecular weight is 554 g/mol. The van der Waals surface area contributed by atoms with Crippen molar-refractivity contribution < 1.29 is 13.8 Å². The maximum atomic E-state index is 14.0. The molecule has 0 aliphatic carbocycles. The second kappa shape index (κ2) is 14.0. The third-order valence-electron chi connectivity index (χ3n) is 7.55. The van der Waals surface area contributed by atoms with E-state index in [0.717, 1.165) is 32.1 Å². The van der Waals surface area contributed by atoms with Crippen LogP contribution < -0.4 is 11.3 Å². The van der Waals surface area contributed by atoms with E-state index in [-0.39, 0.29) is 35.4 Å². The lowest BCUT2D eigenvalue weighted by atomic mass is 10.1. The number of nitrogen functional groups attached to an aromatic ring is 1. The smallest absolute Gasteiger partial charge is 0.280 e. The molecule has 5 atom stereocenters. The number of anilines is 1. The molecule has 0 saturated carbocycles. The lowest BCUT2D eigenvalue weighted by molar-refractivity contribution is -0.138. The number of hydrogen-bond donors (Lipinski definition) is 2. The second-order valence-corrected chi connectivity index (χ2v) is 13.9. The molecule has 0 radical (unpaired) electrons. The van der Waals surface area contributed by atoms with Crippen LogP contribution in [0.2, 0.25) is 0 Å². The number of morpholine rings is 1. The molecule has 1 aliphatic rings. The molecular formula is C26H48N7O4P. The third kappa shape index (κ3) is 7.45. The molecule has 1 saturated heterocycles. The summed E-state index contributed by atoms with van der Waals surface area (Å²) < 4.78 is 30.3. The molecule has 3 rings (SSSR count). The van der Waals surface area contributed by atoms with Gasteiger partial charge in [0.05, 0.1) is 19.0 Å². The van der Waals surface area contributed by atoms with Crippen LogP contribution in [0.1, 0.15) is 85.3 Å². The number of nitrogens with zero attached hydrogens (tertiary/aromatic N) is 5. The highest BCUT2D eigenvalue weighted by atomic mass is 31.2. The number of imidazole rings is 1. The van der Waals surface area contributed by atoms with Crippen molar-refractivity contribution in [2.75, 3.05) is 39.5 Å². The molecule has 12 heteroatoms. The van der Waals surface area contributed by atoms with Gasteiger partial charge in [0.1, 0.15) is 6.23 Å². The van der Waals surface area contributed by atoms with Crippen LogP contribution in [0.3, 0.4) is 0 Å². The highest BCUT2D eigenvalue weighted by Crippen LogP contribution is 2.55. The maximum Gasteiger partial charge on any atom is 0.280 e. The van der Waals surface area contributed by atoms with Gasteiger partial charge in [0.2, 0.25) is 5.95 Å². The third-order valence-corrected chi connectivity index (χ3v) is 10.6. The number of nitrogens with one attached hydrogen (secondary N) is 1. The summed E-state index contributed by atoms with van der Waals surface area (Å²) in [5.41, 5.74) is 5.98. The number of aromatic nitrogens is 4. The first kappa shape index (κ1) is 30.8. The summed E-state index contributed by atoms with van der Waals surface area (Å²) in [7, 11) is 0.615. The lowest BCUT2D eigenvalue weighted by Gasteiger charge is -2.42. The number of rotatable bonds is 15. The molecular weight excluding hydrogens is 505 g/mol. The van der Waals surface area contributed by atoms with Gasteiger partial charge in [-0.2, -0.15) is 4.98 Å². The van der Waals surface area contributed by atoms with Gasteiger partial charge in [-0.3, -0.25) is 23.8 Å². The van der Waals surface area contributed by atoms with E-state index in [1.165, 1.54) is 19.3 Å². The van der Waals surface area contributed by atoms with E-state index in [9.17, 15) is 9.36 Å². The molecule has 2 aromatic rings. The van der Waals surface area contributed by atoms with Crippen molar-refractivity contribution in [3.8, 4) is 0 Å². The van der Waals surface area contributed by atoms with Gasteiger partial charge >= 0.3 is 0 Å². The average Bonchev–Trinajstić information content (AvgIpc) is 3.31. The molecule has 2 aromatic heterocycles. The van der Waals surface area contributed by atoms with Gasteiger partial charge < -0.3 is 15.0 Å². The number of aromatic amines is 1. The van der Waals surface area contributed by atoms with Crippen LogP contribution >= 0.6 is 7.52 Å². The summed E-state index contributed by atoms with van der Waals surface area (Å²) in [5.74, 6) is 0.0340. The molecule has 0 aromatic carbocycles. The van der Waals surface area contributed by atoms with Gasteiger partial charge in [-0.15, -0.1) is 0 Å². The number of hydrogen-bond acceptors (Lipinski definition) is 8. The Hall–Kier alpha value is -1.78. The Labute approximate surface area is 227 Å². The zero-order chi connectivity index (χ0) is 27.9. The molecule has 0 spiro atoms. The molecule has 1 fully saturated rings. The lowest BCUT2D eigenvalue weighted by Crippen LogP contribution is -2.50. The van der Waals surface area contributed by atoms with E-state index in [4.69, 9.17) is 15.0 Å². The summed E-state index contributed by atoms with van der Waals surface area (Å²) in [6.45, 7) is 10.1. The standard InChI is InChI=1S/C26H48N7O4P/c1-7-9-10-11-12-14-20(4)38(35,31(5)6)36-17-21-15-32(19(3)13-8-2)16-22(37-21)33-18-28-23-24(33)29-26(27)30-25(23)34/h18-22H,7-17H2,1-6H3,(H3,27,29,30,34)/t19?,20?,21-,22+,38?/m0/s1. The maximum absolute atomic E-state index is 14.0. The van der Waals surface area contributed by atoms with Gasteiger partial charge in [0.25, 0.3) is 13.1 Å². The fourth-order valence-electron chi connectivity index (χ4n) is 5.24. The summed E-state index contributed by atoms with van der Waals surface area (Å²) in [6.07, 6.45) is 9.68. The minimum Gasteiger partial charge on any atom is -0.369 e. The number of ether oxygens (including phenoxy) is 1. The first-order valence-corrected chi connectivity index (χ1v) is 15.8. The molecule has 0 amide bonds. The number of unbranched alkanes of at least 4 members (excludes halogenated alkanes) is 4. The van der Waals surface area contributed by atoms with Crippen molar-refractivity contribution in [2.45, 2.75) is 103 Å². The largest absolute Gasteiger partial charge is 0.369 e. The summed E-state index contributed by atoms with van der Waals surface area (Å²) >= 11 is 0. The van der Waals surface area contributed by atoms with Gasteiger partial charge in [-0.1, -0.05) is 59.3 Å². The van der Waals surface area contributed by atoms with Crippen molar-refractivity contribution in [2.24, 2.45) is 0 Å². The monoisotopic (exact) mass is 553 g/mol. The van der Waals surface area contributed by atoms with Crippen LogP contribution in [-0.2, 0) is 13.8 Å². The van der Waals surface area contributed by atoms with E-state index < -0.39 is 13.7 Å². The minimum atomic E-state index is -3.05. The number of H-pyrrole nitrogens is 1. The Morgan fingerprint density at radius 2 is 1.92 bits per heavy atom. The summed E-state index contributed by atoms with van der Waals surface area (Å²) in [6, 6.07) is 0.327. The number of nitrogens with two attached hydrogens (primary N) is 1. The molecule has 3 N–H and O–H groups in total. The predicted octanol–water partition coefficient (Wildman–Crippen LogP) is 4.61. The van der Waals surface area contributed by atoms with Crippen LogP contribution in [0, 0.1) is 0 Å². The Bertz CT molecular complexity index is 1120. The summed E-state index contributed by atoms with van der Waals surface area (Å²) in [5, 5.41) is 0. The molecule has 1 aliphatic heterocycles. The second-order valence-electron chi connectivity index (χ2n) is 10.8. The first-order chi connectivity index (χ1) is 18.1. The van der Waals surface area contributed by atoms with Crippen molar-refractivity contribution in [1.29, 1.82) is 0 Å². The van der Waals surface area contributed by atoms with E-state index in [0.29, 0.717) is 24.8 Å². The molecule has 11 nitrogen and oxygen atoms in total. The van der Waals surface area contributed by atoms with Crippen molar-refractivity contribution in [3.05, 3.63) is 16.7 Å². The molecule has 3 unspecified atom stereocenters. The zero-order valence-electron chi connectivity index (χ0n) is 24.1. The quantitative estimate of drug-likeness (QED) is 0.240.